The lowest BCUT2D eigenvalue weighted by molar-refractivity contribution is 0.568. The Morgan fingerprint density at radius 3 is 3.10 bits per heavy atom. The molecule has 0 bridgehead atoms. The van der Waals surface area contributed by atoms with Gasteiger partial charge in [-0.05, 0) is 17.5 Å². The van der Waals surface area contributed by atoms with Gasteiger partial charge in [-0.25, -0.2) is 4.98 Å². The summed E-state index contributed by atoms with van der Waals surface area (Å²) < 4.78 is 6.94. The van der Waals surface area contributed by atoms with Gasteiger partial charge < -0.3 is 9.73 Å². The van der Waals surface area contributed by atoms with Crippen LogP contribution in [0.5, 0.6) is 0 Å². The largest absolute Gasteiger partial charge is 0.472 e. The number of rotatable bonds is 4. The SMILES string of the molecule is c1csc(CNc2cc(-c3ccoc3)nc3ccnn23)c1. The fourth-order valence-electron chi connectivity index (χ4n) is 2.19. The second-order valence-corrected chi connectivity index (χ2v) is 5.61. The zero-order chi connectivity index (χ0) is 14.1. The molecule has 0 saturated carbocycles. The molecule has 21 heavy (non-hydrogen) atoms. The summed E-state index contributed by atoms with van der Waals surface area (Å²) in [5, 5.41) is 9.80. The van der Waals surface area contributed by atoms with Gasteiger partial charge >= 0.3 is 0 Å². The second-order valence-electron chi connectivity index (χ2n) is 4.57. The quantitative estimate of drug-likeness (QED) is 0.624. The van der Waals surface area contributed by atoms with Gasteiger partial charge in [0, 0.05) is 22.6 Å². The number of furan rings is 1. The number of fused-ring (bicyclic) bond motifs is 1. The fourth-order valence-corrected chi connectivity index (χ4v) is 2.83. The van der Waals surface area contributed by atoms with E-state index in [9.17, 15) is 0 Å². The van der Waals surface area contributed by atoms with Gasteiger partial charge in [0.2, 0.25) is 0 Å². The lowest BCUT2D eigenvalue weighted by Gasteiger charge is -2.09. The maximum Gasteiger partial charge on any atom is 0.157 e. The van der Waals surface area contributed by atoms with E-state index in [2.05, 4.69) is 32.9 Å². The van der Waals surface area contributed by atoms with Crippen LogP contribution in [0.3, 0.4) is 0 Å². The van der Waals surface area contributed by atoms with E-state index in [1.54, 1.807) is 34.6 Å². The van der Waals surface area contributed by atoms with Crippen molar-refractivity contribution in [3.05, 3.63) is 59.3 Å². The Kier molecular flexibility index (Phi) is 2.93. The third-order valence-corrected chi connectivity index (χ3v) is 4.08. The smallest absolute Gasteiger partial charge is 0.157 e. The van der Waals surface area contributed by atoms with Crippen molar-refractivity contribution >= 4 is 22.8 Å². The van der Waals surface area contributed by atoms with Crippen LogP contribution in [0.2, 0.25) is 0 Å². The van der Waals surface area contributed by atoms with Crippen molar-refractivity contribution in [3.8, 4) is 11.3 Å². The Labute approximate surface area is 124 Å². The highest BCUT2D eigenvalue weighted by Crippen LogP contribution is 2.23. The minimum absolute atomic E-state index is 0.765. The van der Waals surface area contributed by atoms with Crippen LogP contribution in [0.4, 0.5) is 5.82 Å². The maximum atomic E-state index is 5.14. The van der Waals surface area contributed by atoms with E-state index in [0.29, 0.717) is 0 Å². The highest BCUT2D eigenvalue weighted by Gasteiger charge is 2.09. The molecule has 0 amide bonds. The standard InChI is InChI=1S/C15H12N4OS/c1-2-12(21-7-1)9-16-15-8-13(11-4-6-20-10-11)18-14-3-5-17-19(14)15/h1-8,10,16H,9H2. The Bertz CT molecular complexity index is 849. The first-order valence-electron chi connectivity index (χ1n) is 6.54. The first kappa shape index (κ1) is 12.2. The lowest BCUT2D eigenvalue weighted by Crippen LogP contribution is -2.05. The van der Waals surface area contributed by atoms with Gasteiger partial charge in [0.05, 0.1) is 31.0 Å². The van der Waals surface area contributed by atoms with Crippen LogP contribution in [0.25, 0.3) is 16.9 Å². The molecule has 5 nitrogen and oxygen atoms in total. The van der Waals surface area contributed by atoms with Crippen LogP contribution in [-0.2, 0) is 6.54 Å². The summed E-state index contributed by atoms with van der Waals surface area (Å²) in [4.78, 5) is 5.86. The summed E-state index contributed by atoms with van der Waals surface area (Å²) in [7, 11) is 0. The molecule has 6 heteroatoms. The maximum absolute atomic E-state index is 5.14. The summed E-state index contributed by atoms with van der Waals surface area (Å²) >= 11 is 1.73. The molecule has 4 heterocycles. The van der Waals surface area contributed by atoms with Gasteiger partial charge in [-0.2, -0.15) is 9.61 Å². The number of nitrogens with zero attached hydrogens (tertiary/aromatic N) is 3. The number of hydrogen-bond acceptors (Lipinski definition) is 5. The van der Waals surface area contributed by atoms with E-state index in [0.717, 1.165) is 29.3 Å². The van der Waals surface area contributed by atoms with Gasteiger partial charge in [0.15, 0.2) is 5.65 Å². The molecular weight excluding hydrogens is 284 g/mol. The molecule has 4 aromatic heterocycles. The van der Waals surface area contributed by atoms with E-state index in [1.165, 1.54) is 4.88 Å². The van der Waals surface area contributed by atoms with Crippen LogP contribution in [-0.4, -0.2) is 14.6 Å². The topological polar surface area (TPSA) is 55.4 Å². The lowest BCUT2D eigenvalue weighted by atomic mass is 10.2. The van der Waals surface area contributed by atoms with Crippen molar-refractivity contribution in [2.45, 2.75) is 6.54 Å². The van der Waals surface area contributed by atoms with Crippen LogP contribution in [0.1, 0.15) is 4.88 Å². The fraction of sp³-hybridized carbons (Fsp3) is 0.0667. The molecule has 104 valence electrons. The van der Waals surface area contributed by atoms with E-state index in [-0.39, 0.29) is 0 Å². The number of hydrogen-bond donors (Lipinski definition) is 1. The van der Waals surface area contributed by atoms with Crippen molar-refractivity contribution in [2.24, 2.45) is 0 Å². The third kappa shape index (κ3) is 2.30. The minimum Gasteiger partial charge on any atom is -0.472 e. The molecule has 4 rings (SSSR count). The average Bonchev–Trinajstić information content (AvgIpc) is 3.24. The van der Waals surface area contributed by atoms with E-state index < -0.39 is 0 Å². The van der Waals surface area contributed by atoms with Crippen molar-refractivity contribution in [2.75, 3.05) is 5.32 Å². The number of aromatic nitrogens is 3. The van der Waals surface area contributed by atoms with Crippen LogP contribution in [0, 0.1) is 0 Å². The Morgan fingerprint density at radius 2 is 2.29 bits per heavy atom. The number of thiophene rings is 1. The Hall–Kier alpha value is -2.60. The number of anilines is 1. The zero-order valence-electron chi connectivity index (χ0n) is 11.1. The molecule has 1 N–H and O–H groups in total. The minimum atomic E-state index is 0.765. The molecule has 0 aliphatic carbocycles. The first-order valence-corrected chi connectivity index (χ1v) is 7.42. The second kappa shape index (κ2) is 5.06. The van der Waals surface area contributed by atoms with Crippen LogP contribution < -0.4 is 5.32 Å². The highest BCUT2D eigenvalue weighted by molar-refractivity contribution is 7.09. The molecule has 0 radical (unpaired) electrons. The summed E-state index contributed by atoms with van der Waals surface area (Å²) in [5.74, 6) is 0.912. The van der Waals surface area contributed by atoms with Crippen LogP contribution in [0.15, 0.2) is 58.9 Å². The molecule has 0 aliphatic rings. The normalized spacial score (nSPS) is 11.0. The highest BCUT2D eigenvalue weighted by atomic mass is 32.1. The van der Waals surface area contributed by atoms with Gasteiger partial charge in [0.25, 0.3) is 0 Å². The summed E-state index contributed by atoms with van der Waals surface area (Å²) in [6, 6.07) is 9.93. The summed E-state index contributed by atoms with van der Waals surface area (Å²) in [6.45, 7) is 0.765. The molecule has 0 unspecified atom stereocenters. The molecule has 4 aromatic rings. The molecule has 0 aromatic carbocycles. The molecular formula is C15H12N4OS. The van der Waals surface area contributed by atoms with E-state index in [4.69, 9.17) is 4.42 Å². The Morgan fingerprint density at radius 1 is 1.29 bits per heavy atom. The van der Waals surface area contributed by atoms with Gasteiger partial charge in [-0.1, -0.05) is 6.07 Å². The monoisotopic (exact) mass is 296 g/mol. The van der Waals surface area contributed by atoms with Gasteiger partial charge in [0.1, 0.15) is 5.82 Å². The van der Waals surface area contributed by atoms with E-state index >= 15 is 0 Å². The van der Waals surface area contributed by atoms with Crippen molar-refractivity contribution in [1.29, 1.82) is 0 Å². The predicted octanol–water partition coefficient (Wildman–Crippen LogP) is 3.66. The van der Waals surface area contributed by atoms with Gasteiger partial charge in [-0.15, -0.1) is 11.3 Å². The zero-order valence-corrected chi connectivity index (χ0v) is 11.9. The van der Waals surface area contributed by atoms with Gasteiger partial charge in [-0.3, -0.25) is 0 Å². The average molecular weight is 296 g/mol. The van der Waals surface area contributed by atoms with E-state index in [1.807, 2.05) is 18.2 Å². The Balaban J connectivity index is 1.73. The molecule has 0 fully saturated rings. The van der Waals surface area contributed by atoms with Crippen molar-refractivity contribution in [3.63, 3.8) is 0 Å². The third-order valence-electron chi connectivity index (χ3n) is 3.20. The van der Waals surface area contributed by atoms with Crippen molar-refractivity contribution in [1.82, 2.24) is 14.6 Å². The molecule has 0 atom stereocenters. The molecule has 0 aliphatic heterocycles. The van der Waals surface area contributed by atoms with Crippen molar-refractivity contribution < 1.29 is 4.42 Å². The number of nitrogens with one attached hydrogen (secondary N) is 1. The summed E-state index contributed by atoms with van der Waals surface area (Å²) in [6.07, 6.45) is 5.09. The summed E-state index contributed by atoms with van der Waals surface area (Å²) in [5.41, 5.74) is 2.63. The predicted molar refractivity (Wildman–Crippen MR) is 82.3 cm³/mol. The molecule has 0 spiro atoms. The molecule has 0 saturated heterocycles. The first-order chi connectivity index (χ1) is 10.4. The van der Waals surface area contributed by atoms with Crippen LogP contribution >= 0.6 is 11.3 Å².